The summed E-state index contributed by atoms with van der Waals surface area (Å²) in [5.74, 6) is 1.48. The van der Waals surface area contributed by atoms with Gasteiger partial charge in [-0.2, -0.15) is 0 Å². The molecule has 0 spiro atoms. The summed E-state index contributed by atoms with van der Waals surface area (Å²) in [5.41, 5.74) is 0. The van der Waals surface area contributed by atoms with E-state index in [1.165, 1.54) is 25.1 Å². The van der Waals surface area contributed by atoms with E-state index >= 15 is 0 Å². The predicted octanol–water partition coefficient (Wildman–Crippen LogP) is 4.08. The maximum absolute atomic E-state index is 12.7. The van der Waals surface area contributed by atoms with Crippen LogP contribution in [0.5, 0.6) is 0 Å². The molecule has 1 atom stereocenters. The van der Waals surface area contributed by atoms with Crippen LogP contribution in [0.2, 0.25) is 0 Å². The number of hydrogen-bond acceptors (Lipinski definition) is 2. The van der Waals surface area contributed by atoms with Crippen LogP contribution in [0.25, 0.3) is 0 Å². The number of hydrogen-bond donors (Lipinski definition) is 0. The molecule has 1 aromatic carbocycles. The van der Waals surface area contributed by atoms with Crippen LogP contribution in [0, 0.1) is 0 Å². The third-order valence-corrected chi connectivity index (χ3v) is 5.32. The van der Waals surface area contributed by atoms with Crippen LogP contribution in [0.3, 0.4) is 0 Å². The molecule has 1 aromatic rings. The Morgan fingerprint density at radius 2 is 1.82 bits per heavy atom. The van der Waals surface area contributed by atoms with E-state index in [-0.39, 0.29) is 6.10 Å². The molecule has 1 aliphatic carbocycles. The van der Waals surface area contributed by atoms with Gasteiger partial charge in [0.1, 0.15) is 0 Å². The molecule has 0 bridgehead atoms. The molecule has 0 aromatic heterocycles. The van der Waals surface area contributed by atoms with Crippen LogP contribution >= 0.6 is 7.37 Å². The second kappa shape index (κ2) is 5.66. The van der Waals surface area contributed by atoms with Gasteiger partial charge in [-0.05, 0) is 30.8 Å². The van der Waals surface area contributed by atoms with Gasteiger partial charge in [-0.25, -0.2) is 0 Å². The highest BCUT2D eigenvalue weighted by atomic mass is 31.2. The number of rotatable bonds is 4. The van der Waals surface area contributed by atoms with Gasteiger partial charge in [-0.15, -0.1) is 0 Å². The molecular weight excluding hydrogens is 231 g/mol. The molecule has 17 heavy (non-hydrogen) atoms. The first kappa shape index (κ1) is 12.6. The van der Waals surface area contributed by atoms with E-state index in [1.807, 2.05) is 30.3 Å². The SMILES string of the molecule is C=CP(=O)(OC1CCCCC1)c1ccccc1. The zero-order valence-electron chi connectivity index (χ0n) is 10.0. The maximum Gasteiger partial charge on any atom is 0.253 e. The van der Waals surface area contributed by atoms with Crippen molar-refractivity contribution < 1.29 is 9.09 Å². The fraction of sp³-hybridized carbons (Fsp3) is 0.429. The van der Waals surface area contributed by atoms with Crippen molar-refractivity contribution in [3.05, 3.63) is 42.7 Å². The van der Waals surface area contributed by atoms with Crippen LogP contribution in [-0.4, -0.2) is 6.10 Å². The van der Waals surface area contributed by atoms with E-state index in [4.69, 9.17) is 4.52 Å². The summed E-state index contributed by atoms with van der Waals surface area (Å²) in [5, 5.41) is 0.751. The van der Waals surface area contributed by atoms with E-state index in [2.05, 4.69) is 6.58 Å². The summed E-state index contributed by atoms with van der Waals surface area (Å²) < 4.78 is 18.6. The van der Waals surface area contributed by atoms with Crippen LogP contribution in [-0.2, 0) is 9.09 Å². The molecule has 0 aliphatic heterocycles. The Balaban J connectivity index is 2.14. The summed E-state index contributed by atoms with van der Waals surface area (Å²) in [6.07, 6.45) is 5.79. The van der Waals surface area contributed by atoms with Gasteiger partial charge in [0.15, 0.2) is 0 Å². The molecule has 1 aliphatic rings. The maximum atomic E-state index is 12.7. The molecular formula is C14H19O2P. The van der Waals surface area contributed by atoms with Crippen molar-refractivity contribution in [2.24, 2.45) is 0 Å². The molecule has 0 amide bonds. The normalized spacial score (nSPS) is 20.7. The Hall–Kier alpha value is -0.850. The predicted molar refractivity (Wildman–Crippen MR) is 71.8 cm³/mol. The highest BCUT2D eigenvalue weighted by molar-refractivity contribution is 7.70. The Labute approximate surface area is 103 Å². The van der Waals surface area contributed by atoms with Crippen molar-refractivity contribution in [1.29, 1.82) is 0 Å². The first-order valence-corrected chi connectivity index (χ1v) is 7.91. The lowest BCUT2D eigenvalue weighted by Crippen LogP contribution is -2.18. The van der Waals surface area contributed by atoms with Crippen molar-refractivity contribution in [2.45, 2.75) is 38.2 Å². The average molecular weight is 250 g/mol. The van der Waals surface area contributed by atoms with E-state index in [0.29, 0.717) is 0 Å². The first-order chi connectivity index (χ1) is 8.24. The Bertz CT molecular complexity index is 407. The van der Waals surface area contributed by atoms with E-state index in [0.717, 1.165) is 18.1 Å². The van der Waals surface area contributed by atoms with E-state index < -0.39 is 7.37 Å². The molecule has 92 valence electrons. The van der Waals surface area contributed by atoms with Crippen molar-refractivity contribution in [3.63, 3.8) is 0 Å². The zero-order valence-corrected chi connectivity index (χ0v) is 10.9. The second-order valence-electron chi connectivity index (χ2n) is 4.48. The zero-order chi connectivity index (χ0) is 12.1. The van der Waals surface area contributed by atoms with Gasteiger partial charge >= 0.3 is 0 Å². The fourth-order valence-corrected chi connectivity index (χ4v) is 3.90. The van der Waals surface area contributed by atoms with Crippen molar-refractivity contribution in [2.75, 3.05) is 0 Å². The van der Waals surface area contributed by atoms with Crippen LogP contribution in [0.15, 0.2) is 42.7 Å². The average Bonchev–Trinajstić information content (AvgIpc) is 2.41. The Morgan fingerprint density at radius 1 is 1.18 bits per heavy atom. The Kier molecular flexibility index (Phi) is 4.20. The third-order valence-electron chi connectivity index (χ3n) is 3.21. The lowest BCUT2D eigenvalue weighted by molar-refractivity contribution is 0.164. The molecule has 1 saturated carbocycles. The Morgan fingerprint density at radius 3 is 2.41 bits per heavy atom. The standard InChI is InChI=1S/C14H19O2P/c1-2-17(15,14-11-7-4-8-12-14)16-13-9-5-3-6-10-13/h2,4,7-8,11-13H,1,3,5-6,9-10H2. The van der Waals surface area contributed by atoms with Gasteiger partial charge in [-0.1, -0.05) is 44.0 Å². The summed E-state index contributed by atoms with van der Waals surface area (Å²) >= 11 is 0. The minimum atomic E-state index is -2.86. The van der Waals surface area contributed by atoms with Gasteiger partial charge in [-0.3, -0.25) is 4.57 Å². The molecule has 2 nitrogen and oxygen atoms in total. The lowest BCUT2D eigenvalue weighted by Gasteiger charge is -2.26. The van der Waals surface area contributed by atoms with E-state index in [1.54, 1.807) is 0 Å². The topological polar surface area (TPSA) is 26.3 Å². The fourth-order valence-electron chi connectivity index (χ4n) is 2.24. The molecule has 0 heterocycles. The minimum Gasteiger partial charge on any atom is -0.319 e. The van der Waals surface area contributed by atoms with E-state index in [9.17, 15) is 4.57 Å². The lowest BCUT2D eigenvalue weighted by atomic mass is 9.98. The summed E-state index contributed by atoms with van der Waals surface area (Å²) in [6.45, 7) is 3.69. The van der Waals surface area contributed by atoms with Gasteiger partial charge in [0, 0.05) is 5.30 Å². The minimum absolute atomic E-state index is 0.132. The molecule has 1 fully saturated rings. The summed E-state index contributed by atoms with van der Waals surface area (Å²) in [6, 6.07) is 9.39. The molecule has 0 N–H and O–H groups in total. The quantitative estimate of drug-likeness (QED) is 0.752. The van der Waals surface area contributed by atoms with Crippen LogP contribution in [0.4, 0.5) is 0 Å². The van der Waals surface area contributed by atoms with Gasteiger partial charge in [0.05, 0.1) is 6.10 Å². The highest BCUT2D eigenvalue weighted by Gasteiger charge is 2.27. The molecule has 2 rings (SSSR count). The first-order valence-electron chi connectivity index (χ1n) is 6.22. The molecule has 0 radical (unpaired) electrons. The molecule has 3 heteroatoms. The largest absolute Gasteiger partial charge is 0.319 e. The second-order valence-corrected chi connectivity index (χ2v) is 6.77. The van der Waals surface area contributed by atoms with Crippen molar-refractivity contribution in [3.8, 4) is 0 Å². The smallest absolute Gasteiger partial charge is 0.253 e. The summed E-state index contributed by atoms with van der Waals surface area (Å²) in [7, 11) is -2.86. The summed E-state index contributed by atoms with van der Waals surface area (Å²) in [4.78, 5) is 0. The highest BCUT2D eigenvalue weighted by Crippen LogP contribution is 2.49. The monoisotopic (exact) mass is 250 g/mol. The molecule has 1 unspecified atom stereocenters. The van der Waals surface area contributed by atoms with Crippen LogP contribution in [0.1, 0.15) is 32.1 Å². The number of benzene rings is 1. The van der Waals surface area contributed by atoms with Gasteiger partial charge in [0.2, 0.25) is 0 Å². The molecule has 0 saturated heterocycles. The van der Waals surface area contributed by atoms with Crippen LogP contribution < -0.4 is 5.30 Å². The van der Waals surface area contributed by atoms with Gasteiger partial charge < -0.3 is 4.52 Å². The third kappa shape index (κ3) is 3.08. The van der Waals surface area contributed by atoms with Gasteiger partial charge in [0.25, 0.3) is 7.37 Å². The van der Waals surface area contributed by atoms with Crippen molar-refractivity contribution in [1.82, 2.24) is 0 Å². The van der Waals surface area contributed by atoms with Crippen molar-refractivity contribution >= 4 is 12.7 Å².